The molecule has 0 spiro atoms. The number of furan rings is 1. The second-order valence-electron chi connectivity index (χ2n) is 7.81. The summed E-state index contributed by atoms with van der Waals surface area (Å²) in [5.41, 5.74) is 3.78. The molecule has 164 valence electrons. The highest BCUT2D eigenvalue weighted by Crippen LogP contribution is 2.33. The van der Waals surface area contributed by atoms with Crippen molar-refractivity contribution >= 4 is 32.6 Å². The molecular weight excluding hydrogens is 432 g/mol. The van der Waals surface area contributed by atoms with Gasteiger partial charge in [-0.15, -0.1) is 0 Å². The number of aryl methyl sites for hydroxylation is 2. The van der Waals surface area contributed by atoms with Gasteiger partial charge in [-0.1, -0.05) is 35.6 Å². The first-order chi connectivity index (χ1) is 16.1. The molecule has 0 fully saturated rings. The van der Waals surface area contributed by atoms with Gasteiger partial charge in [0.2, 0.25) is 0 Å². The van der Waals surface area contributed by atoms with Crippen LogP contribution in [0.2, 0.25) is 0 Å². The number of rotatable bonds is 6. The average Bonchev–Trinajstić information content (AvgIpc) is 3.48. The molecule has 2 heterocycles. The number of hydrogen-bond donors (Lipinski definition) is 0. The molecule has 0 saturated carbocycles. The third-order valence-corrected chi connectivity index (χ3v) is 6.46. The molecule has 5 aromatic rings. The highest BCUT2D eigenvalue weighted by molar-refractivity contribution is 7.22. The Morgan fingerprint density at radius 1 is 0.939 bits per heavy atom. The van der Waals surface area contributed by atoms with Crippen LogP contribution in [0.5, 0.6) is 11.5 Å². The number of carbonyl (C=O) groups excluding carboxylic acids is 1. The van der Waals surface area contributed by atoms with E-state index in [-0.39, 0.29) is 12.5 Å². The van der Waals surface area contributed by atoms with Gasteiger partial charge in [-0.2, -0.15) is 0 Å². The predicted molar refractivity (Wildman–Crippen MR) is 131 cm³/mol. The van der Waals surface area contributed by atoms with Crippen LogP contribution in [0.4, 0.5) is 5.13 Å². The number of amides is 1. The molecule has 0 bridgehead atoms. The summed E-state index contributed by atoms with van der Waals surface area (Å²) in [6.45, 7) is 4.43. The highest BCUT2D eigenvalue weighted by Gasteiger charge is 2.23. The van der Waals surface area contributed by atoms with E-state index >= 15 is 0 Å². The van der Waals surface area contributed by atoms with Gasteiger partial charge in [0.15, 0.2) is 5.13 Å². The minimum atomic E-state index is -0.169. The van der Waals surface area contributed by atoms with E-state index in [1.54, 1.807) is 23.3 Å². The first-order valence-electron chi connectivity index (χ1n) is 10.6. The monoisotopic (exact) mass is 454 g/mol. The zero-order valence-corrected chi connectivity index (χ0v) is 19.1. The van der Waals surface area contributed by atoms with Crippen LogP contribution in [0.1, 0.15) is 27.2 Å². The Morgan fingerprint density at radius 3 is 2.52 bits per heavy atom. The minimum Gasteiger partial charge on any atom is -0.467 e. The molecule has 2 aromatic heterocycles. The number of aromatic nitrogens is 1. The molecule has 33 heavy (non-hydrogen) atoms. The smallest absolute Gasteiger partial charge is 0.260 e. The van der Waals surface area contributed by atoms with Gasteiger partial charge in [-0.05, 0) is 79.6 Å². The van der Waals surface area contributed by atoms with Gasteiger partial charge in [-0.25, -0.2) is 4.98 Å². The van der Waals surface area contributed by atoms with Gasteiger partial charge < -0.3 is 9.15 Å². The largest absolute Gasteiger partial charge is 0.467 e. The van der Waals surface area contributed by atoms with Crippen molar-refractivity contribution in [2.45, 2.75) is 20.4 Å². The number of carbonyl (C=O) groups is 1. The summed E-state index contributed by atoms with van der Waals surface area (Å²) < 4.78 is 12.5. The van der Waals surface area contributed by atoms with Crippen LogP contribution in [-0.2, 0) is 6.54 Å². The third-order valence-electron chi connectivity index (χ3n) is 5.42. The number of fused-ring (bicyclic) bond motifs is 1. The van der Waals surface area contributed by atoms with E-state index in [2.05, 4.69) is 26.0 Å². The summed E-state index contributed by atoms with van der Waals surface area (Å²) in [7, 11) is 0. The molecule has 5 nitrogen and oxygen atoms in total. The van der Waals surface area contributed by atoms with Gasteiger partial charge in [0, 0.05) is 5.56 Å². The Morgan fingerprint density at radius 2 is 1.73 bits per heavy atom. The van der Waals surface area contributed by atoms with Crippen molar-refractivity contribution in [3.05, 3.63) is 108 Å². The van der Waals surface area contributed by atoms with Crippen molar-refractivity contribution in [3.8, 4) is 11.5 Å². The first-order valence-corrected chi connectivity index (χ1v) is 11.4. The summed E-state index contributed by atoms with van der Waals surface area (Å²) in [4.78, 5) is 20.1. The van der Waals surface area contributed by atoms with Crippen LogP contribution in [0.25, 0.3) is 10.2 Å². The molecule has 3 aromatic carbocycles. The van der Waals surface area contributed by atoms with Crippen molar-refractivity contribution in [2.24, 2.45) is 0 Å². The van der Waals surface area contributed by atoms with Gasteiger partial charge in [0.05, 0.1) is 23.0 Å². The lowest BCUT2D eigenvalue weighted by Gasteiger charge is -2.19. The van der Waals surface area contributed by atoms with Crippen LogP contribution in [0.3, 0.4) is 0 Å². The second kappa shape index (κ2) is 8.92. The number of para-hydroxylation sites is 1. The van der Waals surface area contributed by atoms with Gasteiger partial charge in [0.1, 0.15) is 17.3 Å². The van der Waals surface area contributed by atoms with E-state index in [1.165, 1.54) is 22.5 Å². The Labute approximate surface area is 195 Å². The number of ether oxygens (including phenoxy) is 1. The van der Waals surface area contributed by atoms with E-state index in [0.29, 0.717) is 28.0 Å². The lowest BCUT2D eigenvalue weighted by molar-refractivity contribution is 0.0983. The molecule has 1 amide bonds. The first kappa shape index (κ1) is 21.0. The second-order valence-corrected chi connectivity index (χ2v) is 8.82. The van der Waals surface area contributed by atoms with Gasteiger partial charge >= 0.3 is 0 Å². The molecule has 0 N–H and O–H groups in total. The summed E-state index contributed by atoms with van der Waals surface area (Å²) in [5, 5.41) is 0.630. The topological polar surface area (TPSA) is 55.6 Å². The molecule has 0 aliphatic rings. The van der Waals surface area contributed by atoms with E-state index < -0.39 is 0 Å². The normalized spacial score (nSPS) is 11.0. The van der Waals surface area contributed by atoms with Crippen LogP contribution < -0.4 is 9.64 Å². The Balaban J connectivity index is 1.50. The Kier molecular flexibility index (Phi) is 5.67. The quantitative estimate of drug-likeness (QED) is 0.273. The fourth-order valence-electron chi connectivity index (χ4n) is 3.54. The summed E-state index contributed by atoms with van der Waals surface area (Å²) in [5.74, 6) is 1.83. The van der Waals surface area contributed by atoms with Crippen molar-refractivity contribution < 1.29 is 13.9 Å². The number of thiazole rings is 1. The molecule has 5 rings (SSSR count). The van der Waals surface area contributed by atoms with Crippen molar-refractivity contribution in [1.29, 1.82) is 0 Å². The van der Waals surface area contributed by atoms with Crippen LogP contribution >= 0.6 is 11.3 Å². The molecule has 0 atom stereocenters. The maximum atomic E-state index is 13.7. The number of anilines is 1. The van der Waals surface area contributed by atoms with E-state index in [9.17, 15) is 4.79 Å². The van der Waals surface area contributed by atoms with E-state index in [1.807, 2.05) is 54.6 Å². The zero-order chi connectivity index (χ0) is 22.8. The van der Waals surface area contributed by atoms with Gasteiger partial charge in [-0.3, -0.25) is 9.69 Å². The van der Waals surface area contributed by atoms with Crippen molar-refractivity contribution in [1.82, 2.24) is 4.98 Å². The molecule has 6 heteroatoms. The SMILES string of the molecule is Cc1cc2nc(N(Cc3ccco3)C(=O)c3cccc(Oc4ccccc4)c3)sc2cc1C. The zero-order valence-electron chi connectivity index (χ0n) is 18.3. The predicted octanol–water partition coefficient (Wildman–Crippen LogP) is 7.15. The molecule has 0 saturated heterocycles. The molecule has 0 radical (unpaired) electrons. The Bertz CT molecular complexity index is 1370. The minimum absolute atomic E-state index is 0.169. The fourth-order valence-corrected chi connectivity index (χ4v) is 4.58. The molecule has 0 aliphatic carbocycles. The molecule has 0 unspecified atom stereocenters. The third kappa shape index (κ3) is 4.52. The van der Waals surface area contributed by atoms with Crippen LogP contribution in [0.15, 0.2) is 89.5 Å². The lowest BCUT2D eigenvalue weighted by atomic mass is 10.1. The lowest BCUT2D eigenvalue weighted by Crippen LogP contribution is -2.30. The van der Waals surface area contributed by atoms with Crippen LogP contribution in [0, 0.1) is 13.8 Å². The summed E-state index contributed by atoms with van der Waals surface area (Å²) >= 11 is 1.50. The summed E-state index contributed by atoms with van der Waals surface area (Å²) in [6.07, 6.45) is 1.61. The molecular formula is C27H22N2O3S. The number of hydrogen-bond acceptors (Lipinski definition) is 5. The number of nitrogens with zero attached hydrogens (tertiary/aromatic N) is 2. The Hall–Kier alpha value is -3.90. The summed E-state index contributed by atoms with van der Waals surface area (Å²) in [6, 6.07) is 24.6. The standard InChI is InChI=1S/C27H22N2O3S/c1-18-14-24-25(15-19(18)2)33-27(28-24)29(17-23-12-7-13-31-23)26(30)20-8-6-11-22(16-20)32-21-9-4-3-5-10-21/h3-16H,17H2,1-2H3. The maximum Gasteiger partial charge on any atom is 0.260 e. The van der Waals surface area contributed by atoms with E-state index in [0.717, 1.165) is 10.2 Å². The van der Waals surface area contributed by atoms with Gasteiger partial charge in [0.25, 0.3) is 5.91 Å². The van der Waals surface area contributed by atoms with Crippen molar-refractivity contribution in [2.75, 3.05) is 4.90 Å². The number of benzene rings is 3. The average molecular weight is 455 g/mol. The van der Waals surface area contributed by atoms with Crippen molar-refractivity contribution in [3.63, 3.8) is 0 Å². The highest BCUT2D eigenvalue weighted by atomic mass is 32.1. The van der Waals surface area contributed by atoms with Crippen LogP contribution in [-0.4, -0.2) is 10.9 Å². The van der Waals surface area contributed by atoms with E-state index in [4.69, 9.17) is 14.1 Å². The maximum absolute atomic E-state index is 13.7. The fraction of sp³-hybridized carbons (Fsp3) is 0.111. The molecule has 0 aliphatic heterocycles.